The van der Waals surface area contributed by atoms with E-state index in [9.17, 15) is 9.59 Å². The van der Waals surface area contributed by atoms with Crippen LogP contribution in [0.5, 0.6) is 0 Å². The van der Waals surface area contributed by atoms with Gasteiger partial charge in [-0.3, -0.25) is 4.98 Å². The lowest BCUT2D eigenvalue weighted by Gasteiger charge is -2.06. The Kier molecular flexibility index (Phi) is 4.83. The molecule has 0 amide bonds. The molecule has 0 saturated heterocycles. The number of carbonyl (C=O) groups is 2. The van der Waals surface area contributed by atoms with Crippen molar-refractivity contribution in [1.29, 1.82) is 0 Å². The quantitative estimate of drug-likeness (QED) is 0.848. The van der Waals surface area contributed by atoms with Gasteiger partial charge in [0.2, 0.25) is 0 Å². The van der Waals surface area contributed by atoms with Gasteiger partial charge in [0, 0.05) is 18.1 Å². The number of aryl methyl sites for hydroxylation is 3. The van der Waals surface area contributed by atoms with E-state index in [4.69, 9.17) is 10.2 Å². The minimum Gasteiger partial charge on any atom is -0.478 e. The summed E-state index contributed by atoms with van der Waals surface area (Å²) in [6.45, 7) is 1.95. The lowest BCUT2D eigenvalue weighted by molar-refractivity contribution is 0.0682. The molecule has 0 aliphatic heterocycles. The van der Waals surface area contributed by atoms with E-state index >= 15 is 0 Å². The minimum atomic E-state index is -1.05. The Hall–Kier alpha value is -2.76. The van der Waals surface area contributed by atoms with E-state index in [-0.39, 0.29) is 11.3 Å². The largest absolute Gasteiger partial charge is 0.478 e. The third-order valence-corrected chi connectivity index (χ3v) is 3.28. The zero-order valence-corrected chi connectivity index (χ0v) is 12.1. The molecule has 0 radical (unpaired) electrons. The van der Waals surface area contributed by atoms with Crippen LogP contribution in [0.15, 0.2) is 30.6 Å². The van der Waals surface area contributed by atoms with Gasteiger partial charge in [0.25, 0.3) is 0 Å². The van der Waals surface area contributed by atoms with E-state index in [1.165, 1.54) is 6.20 Å². The summed E-state index contributed by atoms with van der Waals surface area (Å²) in [6, 6.07) is 5.01. The number of carboxylic acid groups (broad SMARTS) is 2. The molecule has 0 aromatic carbocycles. The average Bonchev–Trinajstić information content (AvgIpc) is 2.52. The second-order valence-corrected chi connectivity index (χ2v) is 4.90. The first-order valence-electron chi connectivity index (χ1n) is 6.90. The highest BCUT2D eigenvalue weighted by Crippen LogP contribution is 2.11. The molecule has 2 aromatic heterocycles. The Bertz CT molecular complexity index is 713. The second-order valence-electron chi connectivity index (χ2n) is 4.90. The van der Waals surface area contributed by atoms with Gasteiger partial charge in [0.15, 0.2) is 0 Å². The van der Waals surface area contributed by atoms with Gasteiger partial charge in [-0.05, 0) is 48.6 Å². The van der Waals surface area contributed by atoms with Crippen LogP contribution in [-0.2, 0) is 19.3 Å². The van der Waals surface area contributed by atoms with Crippen LogP contribution in [0.2, 0.25) is 0 Å². The summed E-state index contributed by atoms with van der Waals surface area (Å²) in [5.74, 6) is -2.07. The molecular weight excluding hydrogens is 284 g/mol. The summed E-state index contributed by atoms with van der Waals surface area (Å²) in [7, 11) is 0. The molecule has 2 aromatic rings. The van der Waals surface area contributed by atoms with Gasteiger partial charge in [0.05, 0.1) is 5.56 Å². The van der Waals surface area contributed by atoms with Crippen molar-refractivity contribution in [2.75, 3.05) is 0 Å². The molecule has 0 spiro atoms. The van der Waals surface area contributed by atoms with E-state index in [1.54, 1.807) is 18.3 Å². The van der Waals surface area contributed by atoms with Crippen molar-refractivity contribution in [3.05, 3.63) is 58.7 Å². The molecule has 0 fully saturated rings. The number of hydrogen-bond acceptors (Lipinski definition) is 4. The monoisotopic (exact) mass is 300 g/mol. The fourth-order valence-corrected chi connectivity index (χ4v) is 2.11. The maximum Gasteiger partial charge on any atom is 0.354 e. The first-order valence-corrected chi connectivity index (χ1v) is 6.90. The van der Waals surface area contributed by atoms with Crippen LogP contribution in [0.1, 0.15) is 44.6 Å². The Labute approximate surface area is 127 Å². The van der Waals surface area contributed by atoms with Crippen LogP contribution in [0.25, 0.3) is 0 Å². The van der Waals surface area contributed by atoms with Crippen molar-refractivity contribution < 1.29 is 19.8 Å². The molecule has 6 heteroatoms. The molecule has 6 nitrogen and oxygen atoms in total. The standard InChI is InChI=1S/C16H16N2O4/c1-2-10-6-13(18-14(7-10)16(21)22)4-3-11-5-12(15(19)20)9-17-8-11/h5-9H,2-4H2,1H3,(H,19,20)(H,21,22). The van der Waals surface area contributed by atoms with Gasteiger partial charge in [0.1, 0.15) is 5.69 Å². The Morgan fingerprint density at radius 1 is 1.00 bits per heavy atom. The topological polar surface area (TPSA) is 100 Å². The molecule has 2 N–H and O–H groups in total. The number of aromatic nitrogens is 2. The van der Waals surface area contributed by atoms with Crippen molar-refractivity contribution >= 4 is 11.9 Å². The molecule has 0 unspecified atom stereocenters. The number of nitrogens with zero attached hydrogens (tertiary/aromatic N) is 2. The molecular formula is C16H16N2O4. The Morgan fingerprint density at radius 2 is 1.77 bits per heavy atom. The van der Waals surface area contributed by atoms with E-state index in [0.29, 0.717) is 18.5 Å². The summed E-state index contributed by atoms with van der Waals surface area (Å²) < 4.78 is 0. The fourth-order valence-electron chi connectivity index (χ4n) is 2.11. The van der Waals surface area contributed by atoms with E-state index in [0.717, 1.165) is 17.5 Å². The van der Waals surface area contributed by atoms with Gasteiger partial charge < -0.3 is 10.2 Å². The number of aromatic carboxylic acids is 2. The van der Waals surface area contributed by atoms with E-state index in [2.05, 4.69) is 9.97 Å². The van der Waals surface area contributed by atoms with Gasteiger partial charge in [-0.15, -0.1) is 0 Å². The SMILES string of the molecule is CCc1cc(CCc2cncc(C(=O)O)c2)nc(C(=O)O)c1. The molecule has 0 aliphatic carbocycles. The second kappa shape index (κ2) is 6.80. The van der Waals surface area contributed by atoms with Crippen molar-refractivity contribution in [2.24, 2.45) is 0 Å². The molecule has 0 atom stereocenters. The molecule has 0 saturated carbocycles. The molecule has 0 aliphatic rings. The van der Waals surface area contributed by atoms with Crippen LogP contribution in [-0.4, -0.2) is 32.1 Å². The van der Waals surface area contributed by atoms with Gasteiger partial charge in [-0.1, -0.05) is 6.92 Å². The van der Waals surface area contributed by atoms with Crippen molar-refractivity contribution in [2.45, 2.75) is 26.2 Å². The summed E-state index contributed by atoms with van der Waals surface area (Å²) in [5, 5.41) is 18.0. The maximum absolute atomic E-state index is 11.1. The highest BCUT2D eigenvalue weighted by Gasteiger charge is 2.09. The van der Waals surface area contributed by atoms with Gasteiger partial charge in [-0.25, -0.2) is 14.6 Å². The van der Waals surface area contributed by atoms with Crippen LogP contribution in [0.4, 0.5) is 0 Å². The number of hydrogen-bond donors (Lipinski definition) is 2. The van der Waals surface area contributed by atoms with Gasteiger partial charge >= 0.3 is 11.9 Å². The van der Waals surface area contributed by atoms with Crippen LogP contribution >= 0.6 is 0 Å². The number of rotatable bonds is 6. The predicted molar refractivity (Wildman–Crippen MR) is 79.2 cm³/mol. The molecule has 2 rings (SSSR count). The fraction of sp³-hybridized carbons (Fsp3) is 0.250. The highest BCUT2D eigenvalue weighted by molar-refractivity contribution is 5.87. The van der Waals surface area contributed by atoms with Crippen LogP contribution in [0.3, 0.4) is 0 Å². The van der Waals surface area contributed by atoms with E-state index < -0.39 is 11.9 Å². The van der Waals surface area contributed by atoms with Crippen LogP contribution < -0.4 is 0 Å². The average molecular weight is 300 g/mol. The summed E-state index contributed by atoms with van der Waals surface area (Å²) in [6.07, 6.45) is 4.70. The lowest BCUT2D eigenvalue weighted by Crippen LogP contribution is -2.06. The predicted octanol–water partition coefficient (Wildman–Crippen LogP) is 2.22. The van der Waals surface area contributed by atoms with E-state index in [1.807, 2.05) is 13.0 Å². The normalized spacial score (nSPS) is 10.4. The minimum absolute atomic E-state index is 0.0340. The summed E-state index contributed by atoms with van der Waals surface area (Å²) in [4.78, 5) is 30.0. The summed E-state index contributed by atoms with van der Waals surface area (Å²) >= 11 is 0. The third kappa shape index (κ3) is 3.88. The zero-order valence-electron chi connectivity index (χ0n) is 12.1. The zero-order chi connectivity index (χ0) is 16.1. The molecule has 2 heterocycles. The lowest BCUT2D eigenvalue weighted by atomic mass is 10.1. The number of carboxylic acids is 2. The molecule has 114 valence electrons. The summed E-state index contributed by atoms with van der Waals surface area (Å²) in [5.41, 5.74) is 2.54. The maximum atomic E-state index is 11.1. The van der Waals surface area contributed by atoms with Crippen molar-refractivity contribution in [3.8, 4) is 0 Å². The Morgan fingerprint density at radius 3 is 2.41 bits per heavy atom. The molecule has 0 bridgehead atoms. The van der Waals surface area contributed by atoms with Crippen molar-refractivity contribution in [3.63, 3.8) is 0 Å². The van der Waals surface area contributed by atoms with Crippen molar-refractivity contribution in [1.82, 2.24) is 9.97 Å². The first kappa shape index (κ1) is 15.6. The van der Waals surface area contributed by atoms with Gasteiger partial charge in [-0.2, -0.15) is 0 Å². The van der Waals surface area contributed by atoms with Crippen LogP contribution in [0, 0.1) is 0 Å². The smallest absolute Gasteiger partial charge is 0.354 e. The number of pyridine rings is 2. The highest BCUT2D eigenvalue weighted by atomic mass is 16.4. The molecule has 22 heavy (non-hydrogen) atoms. The third-order valence-electron chi connectivity index (χ3n) is 3.28. The Balaban J connectivity index is 2.17. The first-order chi connectivity index (χ1) is 10.5.